The summed E-state index contributed by atoms with van der Waals surface area (Å²) >= 11 is 0. The smallest absolute Gasteiger partial charge is 0.266 e. The summed E-state index contributed by atoms with van der Waals surface area (Å²) in [5, 5.41) is 18.6. The van der Waals surface area contributed by atoms with Crippen molar-refractivity contribution in [1.29, 1.82) is 0 Å². The van der Waals surface area contributed by atoms with Crippen molar-refractivity contribution < 1.29 is 24.6 Å². The SMILES string of the molecule is COc1ccc(C#Cc2ccc(C(=O)N3C[C@H](O)C[C@H]3C(=O)NO)cc2)cc1. The number of amides is 2. The van der Waals surface area contributed by atoms with Crippen molar-refractivity contribution in [3.8, 4) is 17.6 Å². The molecule has 0 saturated carbocycles. The molecule has 0 unspecified atom stereocenters. The number of aliphatic hydroxyl groups excluding tert-OH is 1. The Bertz CT molecular complexity index is 913. The van der Waals surface area contributed by atoms with Crippen molar-refractivity contribution >= 4 is 11.8 Å². The van der Waals surface area contributed by atoms with Gasteiger partial charge in [0.25, 0.3) is 11.8 Å². The number of nitrogens with one attached hydrogen (secondary N) is 1. The van der Waals surface area contributed by atoms with Gasteiger partial charge in [-0.3, -0.25) is 14.8 Å². The third-order valence-electron chi connectivity index (χ3n) is 4.53. The van der Waals surface area contributed by atoms with Crippen LogP contribution in [0.2, 0.25) is 0 Å². The summed E-state index contributed by atoms with van der Waals surface area (Å²) in [6.45, 7) is 0.0376. The number of rotatable bonds is 3. The number of carbonyl (C=O) groups is 2. The van der Waals surface area contributed by atoms with Crippen molar-refractivity contribution in [2.45, 2.75) is 18.6 Å². The molecule has 1 aliphatic heterocycles. The van der Waals surface area contributed by atoms with Crippen LogP contribution in [0.1, 0.15) is 27.9 Å². The highest BCUT2D eigenvalue weighted by molar-refractivity contribution is 5.98. The maximum absolute atomic E-state index is 12.7. The van der Waals surface area contributed by atoms with Crippen molar-refractivity contribution in [3.63, 3.8) is 0 Å². The molecule has 3 N–H and O–H groups in total. The van der Waals surface area contributed by atoms with Gasteiger partial charge in [0.2, 0.25) is 0 Å². The monoisotopic (exact) mass is 380 g/mol. The molecule has 0 aliphatic carbocycles. The Kier molecular flexibility index (Phi) is 5.94. The number of ether oxygens (including phenoxy) is 1. The lowest BCUT2D eigenvalue weighted by molar-refractivity contribution is -0.133. The minimum atomic E-state index is -0.901. The number of hydrogen-bond donors (Lipinski definition) is 3. The first-order chi connectivity index (χ1) is 13.5. The second kappa shape index (κ2) is 8.57. The zero-order valence-corrected chi connectivity index (χ0v) is 15.3. The highest BCUT2D eigenvalue weighted by Gasteiger charge is 2.39. The van der Waals surface area contributed by atoms with E-state index in [9.17, 15) is 14.7 Å². The molecular weight excluding hydrogens is 360 g/mol. The molecule has 1 saturated heterocycles. The Morgan fingerprint density at radius 1 is 1.07 bits per heavy atom. The Morgan fingerprint density at radius 2 is 1.64 bits per heavy atom. The van der Waals surface area contributed by atoms with Crippen LogP contribution in [0.25, 0.3) is 0 Å². The normalized spacial score (nSPS) is 18.2. The Hall–Kier alpha value is -3.34. The molecule has 28 heavy (non-hydrogen) atoms. The number of benzene rings is 2. The van der Waals surface area contributed by atoms with Crippen LogP contribution in [0.15, 0.2) is 48.5 Å². The quantitative estimate of drug-likeness (QED) is 0.422. The standard InChI is InChI=1S/C21H20N2O5/c1-28-18-10-6-15(7-11-18)3-2-14-4-8-16(9-5-14)21(26)23-13-17(24)12-19(23)20(25)22-27/h4-11,17,19,24,27H,12-13H2,1H3,(H,22,25)/t17-,19+/m1/s1. The van der Waals surface area contributed by atoms with E-state index in [4.69, 9.17) is 9.94 Å². The highest BCUT2D eigenvalue weighted by atomic mass is 16.5. The number of likely N-dealkylation sites (tertiary alicyclic amines) is 1. The zero-order chi connectivity index (χ0) is 20.1. The minimum absolute atomic E-state index is 0.0376. The van der Waals surface area contributed by atoms with Crippen molar-refractivity contribution in [1.82, 2.24) is 10.4 Å². The molecule has 0 bridgehead atoms. The molecule has 2 aromatic carbocycles. The zero-order valence-electron chi connectivity index (χ0n) is 15.3. The molecule has 2 atom stereocenters. The average molecular weight is 380 g/mol. The van der Waals surface area contributed by atoms with E-state index in [0.717, 1.165) is 16.9 Å². The first-order valence-corrected chi connectivity index (χ1v) is 8.71. The average Bonchev–Trinajstić information content (AvgIpc) is 3.13. The molecule has 2 amide bonds. The van der Waals surface area contributed by atoms with Crippen LogP contribution in [0.5, 0.6) is 5.75 Å². The second-order valence-electron chi connectivity index (χ2n) is 6.39. The summed E-state index contributed by atoms with van der Waals surface area (Å²) in [5.41, 5.74) is 3.49. The molecule has 7 nitrogen and oxygen atoms in total. The Morgan fingerprint density at radius 3 is 2.18 bits per heavy atom. The van der Waals surface area contributed by atoms with Gasteiger partial charge >= 0.3 is 0 Å². The Labute approximate surface area is 162 Å². The maximum Gasteiger partial charge on any atom is 0.266 e. The number of hydroxylamine groups is 1. The largest absolute Gasteiger partial charge is 0.497 e. The molecule has 7 heteroatoms. The number of methoxy groups -OCH3 is 1. The molecule has 0 radical (unpaired) electrons. The lowest BCUT2D eigenvalue weighted by Gasteiger charge is -2.22. The number of β-amino-alcohol motifs (C(OH)–C–C–N with tert-alkyl or cyclic N) is 1. The fourth-order valence-electron chi connectivity index (χ4n) is 3.04. The van der Waals surface area contributed by atoms with Gasteiger partial charge in [-0.05, 0) is 48.5 Å². The van der Waals surface area contributed by atoms with E-state index < -0.39 is 18.1 Å². The van der Waals surface area contributed by atoms with Crippen molar-refractivity contribution in [3.05, 3.63) is 65.2 Å². The van der Waals surface area contributed by atoms with Gasteiger partial charge in [0.05, 0.1) is 13.2 Å². The molecule has 1 fully saturated rings. The third-order valence-corrected chi connectivity index (χ3v) is 4.53. The van der Waals surface area contributed by atoms with Gasteiger partial charge in [0.1, 0.15) is 11.8 Å². The number of aliphatic hydroxyl groups is 1. The van der Waals surface area contributed by atoms with Crippen molar-refractivity contribution in [2.75, 3.05) is 13.7 Å². The highest BCUT2D eigenvalue weighted by Crippen LogP contribution is 2.21. The number of nitrogens with zero attached hydrogens (tertiary/aromatic N) is 1. The molecule has 144 valence electrons. The third kappa shape index (κ3) is 4.31. The molecule has 0 spiro atoms. The van der Waals surface area contributed by atoms with E-state index in [1.54, 1.807) is 36.9 Å². The van der Waals surface area contributed by atoms with Crippen LogP contribution >= 0.6 is 0 Å². The summed E-state index contributed by atoms with van der Waals surface area (Å²) < 4.78 is 5.11. The fourth-order valence-corrected chi connectivity index (χ4v) is 3.04. The summed E-state index contributed by atoms with van der Waals surface area (Å²) in [7, 11) is 1.60. The van der Waals surface area contributed by atoms with Crippen molar-refractivity contribution in [2.24, 2.45) is 0 Å². The van der Waals surface area contributed by atoms with Gasteiger partial charge in [-0.2, -0.15) is 0 Å². The topological polar surface area (TPSA) is 99.1 Å². The van der Waals surface area contributed by atoms with Crippen LogP contribution in [-0.4, -0.2) is 52.8 Å². The van der Waals surface area contributed by atoms with Gasteiger partial charge < -0.3 is 14.7 Å². The van der Waals surface area contributed by atoms with Gasteiger partial charge in [-0.1, -0.05) is 11.8 Å². The van der Waals surface area contributed by atoms with Crippen LogP contribution in [0.4, 0.5) is 0 Å². The summed E-state index contributed by atoms with van der Waals surface area (Å²) in [6, 6.07) is 13.2. The predicted molar refractivity (Wildman–Crippen MR) is 101 cm³/mol. The molecule has 1 aliphatic rings. The van der Waals surface area contributed by atoms with Gasteiger partial charge in [-0.15, -0.1) is 0 Å². The van der Waals surface area contributed by atoms with Crippen LogP contribution < -0.4 is 10.2 Å². The molecular formula is C21H20N2O5. The lowest BCUT2D eigenvalue weighted by Crippen LogP contribution is -2.45. The van der Waals surface area contributed by atoms with E-state index in [0.29, 0.717) is 5.56 Å². The second-order valence-corrected chi connectivity index (χ2v) is 6.39. The summed E-state index contributed by atoms with van der Waals surface area (Å²) in [5.74, 6) is 5.71. The lowest BCUT2D eigenvalue weighted by atomic mass is 10.1. The number of carbonyl (C=O) groups excluding carboxylic acids is 2. The van der Waals surface area contributed by atoms with E-state index >= 15 is 0 Å². The minimum Gasteiger partial charge on any atom is -0.497 e. The van der Waals surface area contributed by atoms with Crippen LogP contribution in [0.3, 0.4) is 0 Å². The fraction of sp³-hybridized carbons (Fsp3) is 0.238. The van der Waals surface area contributed by atoms with Crippen LogP contribution in [0, 0.1) is 11.8 Å². The Balaban J connectivity index is 1.72. The van der Waals surface area contributed by atoms with E-state index in [1.165, 1.54) is 4.90 Å². The van der Waals surface area contributed by atoms with E-state index in [2.05, 4.69) is 11.8 Å². The summed E-state index contributed by atoms with van der Waals surface area (Å²) in [4.78, 5) is 25.7. The van der Waals surface area contributed by atoms with Crippen LogP contribution in [-0.2, 0) is 4.79 Å². The van der Waals surface area contributed by atoms with E-state index in [1.807, 2.05) is 24.3 Å². The predicted octanol–water partition coefficient (Wildman–Crippen LogP) is 1.18. The first-order valence-electron chi connectivity index (χ1n) is 8.71. The molecule has 2 aromatic rings. The van der Waals surface area contributed by atoms with Gasteiger partial charge in [0.15, 0.2) is 0 Å². The number of hydrogen-bond acceptors (Lipinski definition) is 5. The van der Waals surface area contributed by atoms with E-state index in [-0.39, 0.29) is 18.9 Å². The van der Waals surface area contributed by atoms with Gasteiger partial charge in [0, 0.05) is 29.7 Å². The molecule has 3 rings (SSSR count). The molecule has 0 aromatic heterocycles. The maximum atomic E-state index is 12.7. The summed E-state index contributed by atoms with van der Waals surface area (Å²) in [6.07, 6.45) is -0.718. The molecule has 1 heterocycles. The first kappa shape index (κ1) is 19.4. The van der Waals surface area contributed by atoms with Gasteiger partial charge in [-0.25, -0.2) is 5.48 Å².